The van der Waals surface area contributed by atoms with Crippen LogP contribution < -0.4 is 0 Å². The summed E-state index contributed by atoms with van der Waals surface area (Å²) in [6.45, 7) is 15.1. The average Bonchev–Trinajstić information content (AvgIpc) is 2.36. The molecule has 0 heteroatoms. The molecule has 0 bridgehead atoms. The fraction of sp³-hybridized carbons (Fsp3) is 1.00. The molecule has 0 heterocycles. The smallest absolute Gasteiger partial charge is 0.0262 e. The molecule has 2 aliphatic rings. The van der Waals surface area contributed by atoms with Crippen molar-refractivity contribution < 1.29 is 0 Å². The van der Waals surface area contributed by atoms with Crippen molar-refractivity contribution in [1.29, 1.82) is 0 Å². The number of fused-ring (bicyclic) bond motifs is 1. The molecule has 5 atom stereocenters. The highest BCUT2D eigenvalue weighted by Gasteiger charge is 2.53. The van der Waals surface area contributed by atoms with Gasteiger partial charge in [-0.15, -0.1) is 0 Å². The van der Waals surface area contributed by atoms with Crippen molar-refractivity contribution in [3.63, 3.8) is 0 Å². The standard InChI is InChI=1S/C20H38/c1-7-15(2)9-11-17-16(3)10-12-18-19(4,5)13-8-14-20(17,18)6/h15-18H,7-14H2,1-6H3/t15-,16+,17+,18+,20-/m1/s1. The molecule has 2 rings (SSSR count). The molecule has 2 saturated carbocycles. The predicted octanol–water partition coefficient (Wildman–Crippen LogP) is 6.69. The quantitative estimate of drug-likeness (QED) is 0.537. The van der Waals surface area contributed by atoms with E-state index in [2.05, 4.69) is 41.5 Å². The van der Waals surface area contributed by atoms with Gasteiger partial charge in [0.15, 0.2) is 0 Å². The summed E-state index contributed by atoms with van der Waals surface area (Å²) in [6.07, 6.45) is 11.7. The van der Waals surface area contributed by atoms with Gasteiger partial charge in [-0.05, 0) is 60.2 Å². The summed E-state index contributed by atoms with van der Waals surface area (Å²) < 4.78 is 0. The number of rotatable bonds is 4. The van der Waals surface area contributed by atoms with Gasteiger partial charge in [0.05, 0.1) is 0 Å². The van der Waals surface area contributed by atoms with E-state index < -0.39 is 0 Å². The maximum atomic E-state index is 2.66. The van der Waals surface area contributed by atoms with Crippen LogP contribution in [-0.2, 0) is 0 Å². The fourth-order valence-corrected chi connectivity index (χ4v) is 5.89. The lowest BCUT2D eigenvalue weighted by molar-refractivity contribution is -0.0972. The molecule has 2 fully saturated rings. The van der Waals surface area contributed by atoms with Gasteiger partial charge in [-0.1, -0.05) is 67.2 Å². The van der Waals surface area contributed by atoms with Crippen LogP contribution in [-0.4, -0.2) is 0 Å². The third-order valence-electron chi connectivity index (χ3n) is 7.39. The lowest BCUT2D eigenvalue weighted by Gasteiger charge is -2.59. The van der Waals surface area contributed by atoms with E-state index in [1.54, 1.807) is 0 Å². The Kier molecular flexibility index (Phi) is 4.92. The second kappa shape index (κ2) is 6.01. The Hall–Kier alpha value is 0. The van der Waals surface area contributed by atoms with Gasteiger partial charge in [-0.25, -0.2) is 0 Å². The minimum atomic E-state index is 0.585. The molecule has 0 aromatic rings. The predicted molar refractivity (Wildman–Crippen MR) is 89.8 cm³/mol. The molecule has 0 radical (unpaired) electrons. The first-order chi connectivity index (χ1) is 9.31. The lowest BCUT2D eigenvalue weighted by atomic mass is 9.46. The van der Waals surface area contributed by atoms with Crippen molar-refractivity contribution in [2.45, 2.75) is 92.9 Å². The Labute approximate surface area is 128 Å². The van der Waals surface area contributed by atoms with Crippen molar-refractivity contribution in [3.05, 3.63) is 0 Å². The van der Waals surface area contributed by atoms with Crippen LogP contribution in [0, 0.1) is 34.5 Å². The Morgan fingerprint density at radius 3 is 2.45 bits per heavy atom. The molecular weight excluding hydrogens is 240 g/mol. The van der Waals surface area contributed by atoms with Crippen LogP contribution >= 0.6 is 0 Å². The van der Waals surface area contributed by atoms with E-state index >= 15 is 0 Å². The molecule has 0 aliphatic heterocycles. The normalized spacial score (nSPS) is 42.0. The van der Waals surface area contributed by atoms with Crippen LogP contribution in [0.1, 0.15) is 92.9 Å². The molecule has 0 spiro atoms. The molecule has 0 aromatic heterocycles. The van der Waals surface area contributed by atoms with Gasteiger partial charge in [-0.2, -0.15) is 0 Å². The van der Waals surface area contributed by atoms with Crippen LogP contribution in [0.4, 0.5) is 0 Å². The summed E-state index contributed by atoms with van der Waals surface area (Å²) in [5, 5.41) is 0. The van der Waals surface area contributed by atoms with Gasteiger partial charge in [0.1, 0.15) is 0 Å². The molecule has 0 aromatic carbocycles. The summed E-state index contributed by atoms with van der Waals surface area (Å²) >= 11 is 0. The van der Waals surface area contributed by atoms with Crippen LogP contribution in [0.25, 0.3) is 0 Å². The van der Waals surface area contributed by atoms with Gasteiger partial charge >= 0.3 is 0 Å². The lowest BCUT2D eigenvalue weighted by Crippen LogP contribution is -2.51. The zero-order chi connectivity index (χ0) is 15.0. The number of hydrogen-bond donors (Lipinski definition) is 0. The first-order valence-corrected chi connectivity index (χ1v) is 9.31. The van der Waals surface area contributed by atoms with E-state index in [0.717, 1.165) is 23.7 Å². The molecule has 118 valence electrons. The van der Waals surface area contributed by atoms with E-state index in [4.69, 9.17) is 0 Å². The largest absolute Gasteiger partial charge is 0.0651 e. The fourth-order valence-electron chi connectivity index (χ4n) is 5.89. The van der Waals surface area contributed by atoms with Crippen LogP contribution in [0.2, 0.25) is 0 Å². The Morgan fingerprint density at radius 1 is 1.10 bits per heavy atom. The minimum absolute atomic E-state index is 0.585. The second-order valence-corrected chi connectivity index (χ2v) is 9.15. The maximum Gasteiger partial charge on any atom is -0.0262 e. The van der Waals surface area contributed by atoms with E-state index in [-0.39, 0.29) is 0 Å². The van der Waals surface area contributed by atoms with Crippen LogP contribution in [0.15, 0.2) is 0 Å². The molecule has 0 unspecified atom stereocenters. The van der Waals surface area contributed by atoms with Gasteiger partial charge in [0.2, 0.25) is 0 Å². The number of hydrogen-bond acceptors (Lipinski definition) is 0. The highest BCUT2D eigenvalue weighted by molar-refractivity contribution is 5.02. The minimum Gasteiger partial charge on any atom is -0.0651 e. The zero-order valence-electron chi connectivity index (χ0n) is 15.0. The molecular formula is C20H38. The Morgan fingerprint density at radius 2 is 1.80 bits per heavy atom. The first-order valence-electron chi connectivity index (χ1n) is 9.31. The first kappa shape index (κ1) is 16.4. The van der Waals surface area contributed by atoms with Crippen LogP contribution in [0.3, 0.4) is 0 Å². The van der Waals surface area contributed by atoms with Crippen molar-refractivity contribution >= 4 is 0 Å². The third-order valence-corrected chi connectivity index (χ3v) is 7.39. The second-order valence-electron chi connectivity index (χ2n) is 9.15. The summed E-state index contributed by atoms with van der Waals surface area (Å²) in [6, 6.07) is 0. The zero-order valence-corrected chi connectivity index (χ0v) is 15.0. The van der Waals surface area contributed by atoms with E-state index in [1.807, 2.05) is 0 Å². The van der Waals surface area contributed by atoms with Gasteiger partial charge in [0.25, 0.3) is 0 Å². The molecule has 0 amide bonds. The average molecular weight is 279 g/mol. The van der Waals surface area contributed by atoms with E-state index in [1.165, 1.54) is 51.4 Å². The molecule has 0 saturated heterocycles. The monoisotopic (exact) mass is 278 g/mol. The third kappa shape index (κ3) is 2.95. The van der Waals surface area contributed by atoms with Gasteiger partial charge in [0, 0.05) is 0 Å². The summed E-state index contributed by atoms with van der Waals surface area (Å²) in [5.74, 6) is 3.83. The van der Waals surface area contributed by atoms with Crippen molar-refractivity contribution in [1.82, 2.24) is 0 Å². The topological polar surface area (TPSA) is 0 Å². The van der Waals surface area contributed by atoms with Crippen molar-refractivity contribution in [2.24, 2.45) is 34.5 Å². The summed E-state index contributed by atoms with van der Waals surface area (Å²) in [4.78, 5) is 0. The van der Waals surface area contributed by atoms with Crippen molar-refractivity contribution in [2.75, 3.05) is 0 Å². The van der Waals surface area contributed by atoms with E-state index in [0.29, 0.717) is 10.8 Å². The van der Waals surface area contributed by atoms with Crippen LogP contribution in [0.5, 0.6) is 0 Å². The Bertz CT molecular complexity index is 316. The van der Waals surface area contributed by atoms with Crippen molar-refractivity contribution in [3.8, 4) is 0 Å². The molecule has 2 aliphatic carbocycles. The maximum absolute atomic E-state index is 2.66. The van der Waals surface area contributed by atoms with Gasteiger partial charge in [-0.3, -0.25) is 0 Å². The Balaban J connectivity index is 2.15. The van der Waals surface area contributed by atoms with E-state index in [9.17, 15) is 0 Å². The van der Waals surface area contributed by atoms with Gasteiger partial charge < -0.3 is 0 Å². The SMILES string of the molecule is CC[C@@H](C)CC[C@H]1[C@@H](C)CC[C@H]2C(C)(C)CCC[C@]12C. The summed E-state index contributed by atoms with van der Waals surface area (Å²) in [7, 11) is 0. The molecule has 0 N–H and O–H groups in total. The summed E-state index contributed by atoms with van der Waals surface area (Å²) in [5.41, 5.74) is 1.22. The molecule has 0 nitrogen and oxygen atoms in total. The molecule has 20 heavy (non-hydrogen) atoms. The highest BCUT2D eigenvalue weighted by Crippen LogP contribution is 2.62. The highest BCUT2D eigenvalue weighted by atomic mass is 14.6.